The average molecular weight is 411 g/mol. The minimum Gasteiger partial charge on any atom is -0.510 e. The summed E-state index contributed by atoms with van der Waals surface area (Å²) in [5.74, 6) is -0.758. The van der Waals surface area contributed by atoms with E-state index in [0.29, 0.717) is 17.0 Å². The van der Waals surface area contributed by atoms with Crippen LogP contribution in [0.3, 0.4) is 0 Å². The molecular weight excluding hydrogens is 384 g/mol. The highest BCUT2D eigenvalue weighted by Crippen LogP contribution is 2.47. The minimum absolute atomic E-state index is 0.151. The van der Waals surface area contributed by atoms with Crippen LogP contribution in [0.25, 0.3) is 16.7 Å². The fourth-order valence-electron chi connectivity index (χ4n) is 4.18. The Hall–Kier alpha value is -2.39. The van der Waals surface area contributed by atoms with Crippen LogP contribution in [0.15, 0.2) is 42.2 Å². The number of Topliss-reactive ketones (excluding diaryl/α,β-unsaturated/α-hetero) is 2. The Labute approximate surface area is 177 Å². The second kappa shape index (κ2) is 7.14. The van der Waals surface area contributed by atoms with Crippen LogP contribution in [0, 0.1) is 17.8 Å². The van der Waals surface area contributed by atoms with Crippen molar-refractivity contribution in [3.63, 3.8) is 0 Å². The molecule has 0 aliphatic heterocycles. The maximum absolute atomic E-state index is 13.3. The van der Waals surface area contributed by atoms with Crippen LogP contribution in [-0.4, -0.2) is 16.7 Å². The molecule has 0 aromatic heterocycles. The van der Waals surface area contributed by atoms with E-state index in [1.54, 1.807) is 27.7 Å². The average Bonchev–Trinajstić information content (AvgIpc) is 2.68. The van der Waals surface area contributed by atoms with Gasteiger partial charge in [-0.2, -0.15) is 0 Å². The number of aryl methyl sites for hydroxylation is 1. The molecule has 3 nitrogen and oxygen atoms in total. The lowest BCUT2D eigenvalue weighted by molar-refractivity contribution is -0.143. The number of benzene rings is 2. The molecule has 152 valence electrons. The molecule has 3 rings (SSSR count). The van der Waals surface area contributed by atoms with Crippen molar-refractivity contribution in [2.24, 2.45) is 10.8 Å². The molecular formula is C25H27ClO3. The lowest BCUT2D eigenvalue weighted by atomic mass is 9.62. The van der Waals surface area contributed by atoms with Crippen molar-refractivity contribution in [1.29, 1.82) is 0 Å². The van der Waals surface area contributed by atoms with Gasteiger partial charge in [0.05, 0.1) is 16.4 Å². The van der Waals surface area contributed by atoms with Crippen LogP contribution in [-0.2, 0) is 16.0 Å². The first-order chi connectivity index (χ1) is 13.4. The second-order valence-electron chi connectivity index (χ2n) is 8.77. The Morgan fingerprint density at radius 1 is 0.966 bits per heavy atom. The SMILES string of the molecule is CCc1ccc(-c2cccc(Cl)c2C)cc1C1=C(O)C(C)(C)C(=O)C(C)(C)C1=O. The van der Waals surface area contributed by atoms with Gasteiger partial charge in [-0.25, -0.2) is 0 Å². The zero-order chi connectivity index (χ0) is 21.7. The van der Waals surface area contributed by atoms with Gasteiger partial charge in [-0.3, -0.25) is 9.59 Å². The van der Waals surface area contributed by atoms with Crippen molar-refractivity contribution in [2.75, 3.05) is 0 Å². The molecule has 1 aliphatic carbocycles. The van der Waals surface area contributed by atoms with Crippen molar-refractivity contribution in [3.8, 4) is 11.1 Å². The first-order valence-electron chi connectivity index (χ1n) is 9.86. The summed E-state index contributed by atoms with van der Waals surface area (Å²) in [5.41, 5.74) is 2.39. The number of aliphatic hydroxyl groups excluding tert-OH is 1. The van der Waals surface area contributed by atoms with Crippen LogP contribution < -0.4 is 0 Å². The molecule has 0 fully saturated rings. The third-order valence-corrected chi connectivity index (χ3v) is 6.51. The van der Waals surface area contributed by atoms with Gasteiger partial charge in [0, 0.05) is 5.02 Å². The maximum atomic E-state index is 13.3. The number of carbonyl (C=O) groups is 2. The number of halogens is 1. The smallest absolute Gasteiger partial charge is 0.179 e. The normalized spacial score (nSPS) is 18.3. The highest BCUT2D eigenvalue weighted by Gasteiger charge is 2.53. The quantitative estimate of drug-likeness (QED) is 0.599. The Morgan fingerprint density at radius 2 is 1.62 bits per heavy atom. The van der Waals surface area contributed by atoms with Gasteiger partial charge in [-0.1, -0.05) is 42.8 Å². The molecule has 1 N–H and O–H groups in total. The third kappa shape index (κ3) is 3.22. The number of allylic oxidation sites excluding steroid dienone is 2. The van der Waals surface area contributed by atoms with Gasteiger partial charge in [0.25, 0.3) is 0 Å². The number of hydrogen-bond acceptors (Lipinski definition) is 3. The van der Waals surface area contributed by atoms with Crippen molar-refractivity contribution < 1.29 is 14.7 Å². The maximum Gasteiger partial charge on any atom is 0.179 e. The summed E-state index contributed by atoms with van der Waals surface area (Å²) in [7, 11) is 0. The largest absolute Gasteiger partial charge is 0.510 e. The fourth-order valence-corrected chi connectivity index (χ4v) is 4.35. The van der Waals surface area contributed by atoms with Gasteiger partial charge < -0.3 is 5.11 Å². The molecule has 0 amide bonds. The molecule has 4 heteroatoms. The summed E-state index contributed by atoms with van der Waals surface area (Å²) < 4.78 is 0. The van der Waals surface area contributed by atoms with Crippen LogP contribution in [0.5, 0.6) is 0 Å². The zero-order valence-corrected chi connectivity index (χ0v) is 18.6. The van der Waals surface area contributed by atoms with Crippen molar-refractivity contribution in [3.05, 3.63) is 63.9 Å². The van der Waals surface area contributed by atoms with E-state index in [9.17, 15) is 14.7 Å². The van der Waals surface area contributed by atoms with Gasteiger partial charge in [0.15, 0.2) is 11.6 Å². The van der Waals surface area contributed by atoms with Gasteiger partial charge >= 0.3 is 0 Å². The van der Waals surface area contributed by atoms with E-state index in [2.05, 4.69) is 0 Å². The second-order valence-corrected chi connectivity index (χ2v) is 9.18. The van der Waals surface area contributed by atoms with E-state index < -0.39 is 10.8 Å². The zero-order valence-electron chi connectivity index (χ0n) is 17.8. The topological polar surface area (TPSA) is 54.4 Å². The molecule has 0 atom stereocenters. The molecule has 0 radical (unpaired) electrons. The number of rotatable bonds is 3. The highest BCUT2D eigenvalue weighted by atomic mass is 35.5. The predicted octanol–water partition coefficient (Wildman–Crippen LogP) is 6.35. The molecule has 2 aromatic carbocycles. The highest BCUT2D eigenvalue weighted by molar-refractivity contribution is 6.34. The summed E-state index contributed by atoms with van der Waals surface area (Å²) in [5, 5.41) is 11.7. The fraction of sp³-hybridized carbons (Fsp3) is 0.360. The lowest BCUT2D eigenvalue weighted by Crippen LogP contribution is -2.48. The summed E-state index contributed by atoms with van der Waals surface area (Å²) in [6, 6.07) is 11.6. The van der Waals surface area contributed by atoms with Gasteiger partial charge in [0.1, 0.15) is 5.76 Å². The van der Waals surface area contributed by atoms with E-state index in [0.717, 1.165) is 22.3 Å². The molecule has 1 aliphatic rings. The molecule has 2 aromatic rings. The first kappa shape index (κ1) is 21.3. The third-order valence-electron chi connectivity index (χ3n) is 6.10. The number of aliphatic hydroxyl groups is 1. The Balaban J connectivity index is 2.32. The van der Waals surface area contributed by atoms with E-state index in [4.69, 9.17) is 11.6 Å². The number of ketones is 2. The molecule has 0 saturated heterocycles. The summed E-state index contributed by atoms with van der Waals surface area (Å²) >= 11 is 6.31. The molecule has 0 spiro atoms. The van der Waals surface area contributed by atoms with E-state index >= 15 is 0 Å². The van der Waals surface area contributed by atoms with Crippen LogP contribution >= 0.6 is 11.6 Å². The monoisotopic (exact) mass is 410 g/mol. The van der Waals surface area contributed by atoms with Crippen LogP contribution in [0.1, 0.15) is 51.3 Å². The van der Waals surface area contributed by atoms with Crippen molar-refractivity contribution in [1.82, 2.24) is 0 Å². The molecule has 0 bridgehead atoms. The summed E-state index contributed by atoms with van der Waals surface area (Å²) in [6.45, 7) is 10.6. The lowest BCUT2D eigenvalue weighted by Gasteiger charge is -2.38. The summed E-state index contributed by atoms with van der Waals surface area (Å²) in [4.78, 5) is 26.2. The van der Waals surface area contributed by atoms with Crippen LogP contribution in [0.4, 0.5) is 0 Å². The standard InChI is InChI=1S/C25H27ClO3/c1-7-15-11-12-16(17-9-8-10-19(26)14(17)2)13-18(15)20-21(27)24(3,4)23(29)25(5,6)22(20)28/h8-13,27H,7H2,1-6H3. The predicted molar refractivity (Wildman–Crippen MR) is 118 cm³/mol. The Bertz CT molecular complexity index is 1060. The van der Waals surface area contributed by atoms with Crippen molar-refractivity contribution in [2.45, 2.75) is 48.0 Å². The molecule has 0 saturated carbocycles. The van der Waals surface area contributed by atoms with Crippen LogP contribution in [0.2, 0.25) is 5.02 Å². The molecule has 0 unspecified atom stereocenters. The Kier molecular flexibility index (Phi) is 5.25. The van der Waals surface area contributed by atoms with E-state index in [1.807, 2.05) is 50.2 Å². The number of hydrogen-bond donors (Lipinski definition) is 1. The first-order valence-corrected chi connectivity index (χ1v) is 10.2. The van der Waals surface area contributed by atoms with E-state index in [1.165, 1.54) is 0 Å². The molecule has 0 heterocycles. The van der Waals surface area contributed by atoms with Gasteiger partial charge in [0.2, 0.25) is 0 Å². The van der Waals surface area contributed by atoms with Gasteiger partial charge in [-0.15, -0.1) is 0 Å². The molecule has 29 heavy (non-hydrogen) atoms. The van der Waals surface area contributed by atoms with Gasteiger partial charge in [-0.05, 0) is 81.0 Å². The van der Waals surface area contributed by atoms with Crippen molar-refractivity contribution >= 4 is 28.7 Å². The minimum atomic E-state index is -1.20. The Morgan fingerprint density at radius 3 is 2.24 bits per heavy atom. The van der Waals surface area contributed by atoms with E-state index in [-0.39, 0.29) is 22.9 Å². The number of carbonyl (C=O) groups excluding carboxylic acids is 2. The summed E-state index contributed by atoms with van der Waals surface area (Å²) in [6.07, 6.45) is 0.697.